The van der Waals surface area contributed by atoms with E-state index in [4.69, 9.17) is 4.74 Å². The lowest BCUT2D eigenvalue weighted by Crippen LogP contribution is -2.35. The molecule has 0 bridgehead atoms. The van der Waals surface area contributed by atoms with E-state index in [9.17, 15) is 4.79 Å². The Morgan fingerprint density at radius 3 is 2.81 bits per heavy atom. The number of carbonyl (C=O) groups is 1. The van der Waals surface area contributed by atoms with E-state index in [-0.39, 0.29) is 5.91 Å². The van der Waals surface area contributed by atoms with Gasteiger partial charge in [0, 0.05) is 25.0 Å². The van der Waals surface area contributed by atoms with Crippen molar-refractivity contribution in [3.05, 3.63) is 46.8 Å². The number of pyridine rings is 1. The van der Waals surface area contributed by atoms with Gasteiger partial charge < -0.3 is 9.64 Å². The van der Waals surface area contributed by atoms with Gasteiger partial charge in [-0.25, -0.2) is 4.98 Å². The predicted molar refractivity (Wildman–Crippen MR) is 101 cm³/mol. The fourth-order valence-electron chi connectivity index (χ4n) is 3.80. The normalized spacial score (nSPS) is 13.8. The number of fused-ring (bicyclic) bond motifs is 2. The Hall–Kier alpha value is -2.89. The van der Waals surface area contributed by atoms with Crippen LogP contribution in [-0.4, -0.2) is 34.3 Å². The molecule has 1 amide bonds. The molecule has 4 rings (SSSR count). The average Bonchev–Trinajstić information content (AvgIpc) is 2.93. The van der Waals surface area contributed by atoms with Crippen LogP contribution < -0.4 is 9.64 Å². The maximum atomic E-state index is 13.5. The van der Waals surface area contributed by atoms with Crippen LogP contribution in [0.4, 0.5) is 5.69 Å². The predicted octanol–water partition coefficient (Wildman–Crippen LogP) is 3.19. The fraction of sp³-hybridized carbons (Fsp3) is 0.350. The summed E-state index contributed by atoms with van der Waals surface area (Å²) in [6.07, 6.45) is 1.89. The summed E-state index contributed by atoms with van der Waals surface area (Å²) in [6, 6.07) is 7.79. The van der Waals surface area contributed by atoms with Gasteiger partial charge in [-0.3, -0.25) is 9.48 Å². The van der Waals surface area contributed by atoms with Crippen molar-refractivity contribution in [3.8, 4) is 5.75 Å². The second-order valence-corrected chi connectivity index (χ2v) is 6.77. The Bertz CT molecular complexity index is 1020. The molecule has 0 N–H and O–H groups in total. The number of aromatic nitrogens is 3. The van der Waals surface area contributed by atoms with Gasteiger partial charge in [-0.05, 0) is 56.5 Å². The van der Waals surface area contributed by atoms with Crippen molar-refractivity contribution < 1.29 is 9.53 Å². The zero-order chi connectivity index (χ0) is 18.4. The summed E-state index contributed by atoms with van der Waals surface area (Å²) in [7, 11) is 3.52. The lowest BCUT2D eigenvalue weighted by atomic mass is 9.99. The number of ether oxygens (including phenoxy) is 1. The molecule has 2 aromatic heterocycles. The topological polar surface area (TPSA) is 60.2 Å². The van der Waals surface area contributed by atoms with Crippen molar-refractivity contribution in [2.45, 2.75) is 26.7 Å². The number of methoxy groups -OCH3 is 1. The molecule has 1 aliphatic heterocycles. The standard InChI is InChI=1S/C20H22N4O2/c1-12-10-16(18-13(2)22-23(3)19(18)21-12)20(25)24-9-5-6-14-11-15(26-4)7-8-17(14)24/h7-8,10-11H,5-6,9H2,1-4H3. The first-order chi connectivity index (χ1) is 12.5. The molecule has 1 aromatic carbocycles. The van der Waals surface area contributed by atoms with Gasteiger partial charge >= 0.3 is 0 Å². The van der Waals surface area contributed by atoms with Gasteiger partial charge in [0.2, 0.25) is 0 Å². The largest absolute Gasteiger partial charge is 0.497 e. The molecule has 0 atom stereocenters. The summed E-state index contributed by atoms with van der Waals surface area (Å²) < 4.78 is 7.07. The number of anilines is 1. The van der Waals surface area contributed by atoms with E-state index in [1.54, 1.807) is 11.8 Å². The molecular weight excluding hydrogens is 328 g/mol. The van der Waals surface area contributed by atoms with E-state index in [2.05, 4.69) is 10.1 Å². The summed E-state index contributed by atoms with van der Waals surface area (Å²) in [6.45, 7) is 4.54. The Balaban J connectivity index is 1.84. The molecule has 3 aromatic rings. The molecule has 0 fully saturated rings. The number of benzene rings is 1. The second kappa shape index (κ2) is 6.12. The van der Waals surface area contributed by atoms with Gasteiger partial charge in [0.15, 0.2) is 5.65 Å². The van der Waals surface area contributed by atoms with Gasteiger partial charge in [0.1, 0.15) is 5.75 Å². The number of aryl methyl sites for hydroxylation is 4. The third kappa shape index (κ3) is 2.53. The van der Waals surface area contributed by atoms with E-state index in [0.29, 0.717) is 12.1 Å². The number of hydrogen-bond acceptors (Lipinski definition) is 4. The van der Waals surface area contributed by atoms with Crippen LogP contribution in [0.5, 0.6) is 5.75 Å². The van der Waals surface area contributed by atoms with Crippen LogP contribution in [0.3, 0.4) is 0 Å². The van der Waals surface area contributed by atoms with E-state index >= 15 is 0 Å². The van der Waals surface area contributed by atoms with Gasteiger partial charge in [-0.15, -0.1) is 0 Å². The molecule has 0 saturated heterocycles. The first-order valence-corrected chi connectivity index (χ1v) is 8.79. The summed E-state index contributed by atoms with van der Waals surface area (Å²) >= 11 is 0. The summed E-state index contributed by atoms with van der Waals surface area (Å²) in [5.74, 6) is 0.825. The number of rotatable bonds is 2. The van der Waals surface area contributed by atoms with E-state index in [0.717, 1.165) is 52.3 Å². The molecule has 6 heteroatoms. The maximum Gasteiger partial charge on any atom is 0.259 e. The number of amides is 1. The Morgan fingerprint density at radius 1 is 1.23 bits per heavy atom. The van der Waals surface area contributed by atoms with Crippen molar-refractivity contribution in [1.82, 2.24) is 14.8 Å². The minimum absolute atomic E-state index is 0.00252. The van der Waals surface area contributed by atoms with Gasteiger partial charge in [0.25, 0.3) is 5.91 Å². The van der Waals surface area contributed by atoms with Crippen LogP contribution in [-0.2, 0) is 13.5 Å². The van der Waals surface area contributed by atoms with Crippen LogP contribution in [0.25, 0.3) is 11.0 Å². The van der Waals surface area contributed by atoms with E-state index in [1.165, 1.54) is 0 Å². The Kier molecular flexibility index (Phi) is 3.90. The van der Waals surface area contributed by atoms with Crippen LogP contribution >= 0.6 is 0 Å². The third-order valence-corrected chi connectivity index (χ3v) is 4.98. The molecule has 0 spiro atoms. The first-order valence-electron chi connectivity index (χ1n) is 8.79. The van der Waals surface area contributed by atoms with Gasteiger partial charge in [-0.2, -0.15) is 5.10 Å². The van der Waals surface area contributed by atoms with Gasteiger partial charge in [-0.1, -0.05) is 0 Å². The summed E-state index contributed by atoms with van der Waals surface area (Å²) in [5, 5.41) is 5.29. The van der Waals surface area contributed by atoms with Gasteiger partial charge in [0.05, 0.1) is 23.8 Å². The highest BCUT2D eigenvalue weighted by molar-refractivity contribution is 6.14. The van der Waals surface area contributed by atoms with E-state index < -0.39 is 0 Å². The quantitative estimate of drug-likeness (QED) is 0.712. The molecule has 0 radical (unpaired) electrons. The molecule has 1 aliphatic rings. The minimum atomic E-state index is 0.00252. The third-order valence-electron chi connectivity index (χ3n) is 4.98. The number of hydrogen-bond donors (Lipinski definition) is 0. The monoisotopic (exact) mass is 350 g/mol. The molecular formula is C20H22N4O2. The zero-order valence-electron chi connectivity index (χ0n) is 15.5. The fourth-order valence-corrected chi connectivity index (χ4v) is 3.80. The minimum Gasteiger partial charge on any atom is -0.497 e. The highest BCUT2D eigenvalue weighted by atomic mass is 16.5. The number of carbonyl (C=O) groups excluding carboxylic acids is 1. The highest BCUT2D eigenvalue weighted by Crippen LogP contribution is 2.33. The molecule has 134 valence electrons. The molecule has 3 heterocycles. The molecule has 0 aliphatic carbocycles. The molecule has 0 unspecified atom stereocenters. The number of nitrogens with zero attached hydrogens (tertiary/aromatic N) is 4. The summed E-state index contributed by atoms with van der Waals surface area (Å²) in [4.78, 5) is 19.9. The maximum absolute atomic E-state index is 13.5. The lowest BCUT2D eigenvalue weighted by molar-refractivity contribution is 0.0986. The SMILES string of the molecule is COc1ccc2c(c1)CCCN2C(=O)c1cc(C)nc2c1c(C)nn2C. The highest BCUT2D eigenvalue weighted by Gasteiger charge is 2.27. The van der Waals surface area contributed by atoms with Crippen molar-refractivity contribution in [2.75, 3.05) is 18.6 Å². The van der Waals surface area contributed by atoms with Crippen LogP contribution in [0, 0.1) is 13.8 Å². The Morgan fingerprint density at radius 2 is 2.04 bits per heavy atom. The van der Waals surface area contributed by atoms with Crippen molar-refractivity contribution in [2.24, 2.45) is 7.05 Å². The van der Waals surface area contributed by atoms with Crippen molar-refractivity contribution in [3.63, 3.8) is 0 Å². The average molecular weight is 350 g/mol. The first kappa shape index (κ1) is 16.6. The summed E-state index contributed by atoms with van der Waals surface area (Å²) in [5.41, 5.74) is 5.17. The molecule has 0 saturated carbocycles. The van der Waals surface area contributed by atoms with E-state index in [1.807, 2.05) is 50.1 Å². The lowest BCUT2D eigenvalue weighted by Gasteiger charge is -2.30. The molecule has 26 heavy (non-hydrogen) atoms. The van der Waals surface area contributed by atoms with Crippen LogP contribution in [0.1, 0.15) is 33.7 Å². The van der Waals surface area contributed by atoms with Crippen LogP contribution in [0.2, 0.25) is 0 Å². The molecule has 6 nitrogen and oxygen atoms in total. The van der Waals surface area contributed by atoms with Crippen molar-refractivity contribution >= 4 is 22.6 Å². The second-order valence-electron chi connectivity index (χ2n) is 6.77. The van der Waals surface area contributed by atoms with Crippen molar-refractivity contribution in [1.29, 1.82) is 0 Å². The zero-order valence-corrected chi connectivity index (χ0v) is 15.5. The van der Waals surface area contributed by atoms with Crippen LogP contribution in [0.15, 0.2) is 24.3 Å². The Labute approximate surface area is 152 Å². The smallest absolute Gasteiger partial charge is 0.259 e.